The van der Waals surface area contributed by atoms with E-state index >= 15 is 0 Å². The standard InChI is InChI=1S/C16H13FN2O2/c17-12-6-2-1-5-11(12)9-16(21)19-10-15(20)18-13-7-3-4-8-14(13)19/h1-8H,9-10H2,(H,18,20). The molecule has 21 heavy (non-hydrogen) atoms. The second-order valence-electron chi connectivity index (χ2n) is 4.81. The second-order valence-corrected chi connectivity index (χ2v) is 4.81. The maximum Gasteiger partial charge on any atom is 0.244 e. The summed E-state index contributed by atoms with van der Waals surface area (Å²) >= 11 is 0. The van der Waals surface area contributed by atoms with E-state index in [9.17, 15) is 14.0 Å². The summed E-state index contributed by atoms with van der Waals surface area (Å²) in [7, 11) is 0. The summed E-state index contributed by atoms with van der Waals surface area (Å²) < 4.78 is 13.6. The molecule has 3 rings (SSSR count). The molecule has 0 bridgehead atoms. The highest BCUT2D eigenvalue weighted by atomic mass is 19.1. The van der Waals surface area contributed by atoms with Gasteiger partial charge in [0.05, 0.1) is 17.8 Å². The average molecular weight is 284 g/mol. The minimum Gasteiger partial charge on any atom is -0.323 e. The van der Waals surface area contributed by atoms with Crippen LogP contribution in [0.15, 0.2) is 48.5 Å². The molecule has 0 fully saturated rings. The topological polar surface area (TPSA) is 49.4 Å². The van der Waals surface area contributed by atoms with Gasteiger partial charge in [-0.3, -0.25) is 9.59 Å². The van der Waals surface area contributed by atoms with Gasteiger partial charge in [0.1, 0.15) is 12.4 Å². The van der Waals surface area contributed by atoms with E-state index in [-0.39, 0.29) is 24.8 Å². The van der Waals surface area contributed by atoms with Crippen molar-refractivity contribution < 1.29 is 14.0 Å². The molecule has 0 radical (unpaired) electrons. The predicted molar refractivity (Wildman–Crippen MR) is 77.5 cm³/mol. The Labute approximate surface area is 121 Å². The lowest BCUT2D eigenvalue weighted by Gasteiger charge is -2.29. The lowest BCUT2D eigenvalue weighted by molar-refractivity contribution is -0.121. The molecule has 1 aliphatic rings. The van der Waals surface area contributed by atoms with Crippen molar-refractivity contribution in [3.05, 3.63) is 59.9 Å². The number of hydrogen-bond acceptors (Lipinski definition) is 2. The Morgan fingerprint density at radius 3 is 2.67 bits per heavy atom. The monoisotopic (exact) mass is 284 g/mol. The van der Waals surface area contributed by atoms with Crippen LogP contribution in [0.4, 0.5) is 15.8 Å². The van der Waals surface area contributed by atoms with Crippen molar-refractivity contribution in [3.63, 3.8) is 0 Å². The lowest BCUT2D eigenvalue weighted by Crippen LogP contribution is -2.42. The second kappa shape index (κ2) is 5.36. The quantitative estimate of drug-likeness (QED) is 0.920. The van der Waals surface area contributed by atoms with Crippen LogP contribution >= 0.6 is 0 Å². The molecular weight excluding hydrogens is 271 g/mol. The van der Waals surface area contributed by atoms with Gasteiger partial charge in [-0.05, 0) is 23.8 Å². The van der Waals surface area contributed by atoms with Gasteiger partial charge in [0, 0.05) is 0 Å². The number of carbonyl (C=O) groups excluding carboxylic acids is 2. The predicted octanol–water partition coefficient (Wildman–Crippen LogP) is 2.35. The van der Waals surface area contributed by atoms with Gasteiger partial charge in [-0.2, -0.15) is 0 Å². The van der Waals surface area contributed by atoms with Crippen LogP contribution in [-0.4, -0.2) is 18.4 Å². The number of nitrogens with one attached hydrogen (secondary N) is 1. The third kappa shape index (κ3) is 2.63. The molecule has 1 heterocycles. The molecule has 0 atom stereocenters. The summed E-state index contributed by atoms with van der Waals surface area (Å²) in [5.74, 6) is -0.974. The molecular formula is C16H13FN2O2. The number of rotatable bonds is 2. The van der Waals surface area contributed by atoms with Crippen LogP contribution < -0.4 is 10.2 Å². The molecule has 1 aliphatic heterocycles. The van der Waals surface area contributed by atoms with Crippen LogP contribution in [-0.2, 0) is 16.0 Å². The number of halogens is 1. The van der Waals surface area contributed by atoms with Crippen LogP contribution in [0.1, 0.15) is 5.56 Å². The highest BCUT2D eigenvalue weighted by Crippen LogP contribution is 2.29. The fourth-order valence-electron chi connectivity index (χ4n) is 2.36. The third-order valence-electron chi connectivity index (χ3n) is 3.37. The van der Waals surface area contributed by atoms with Gasteiger partial charge < -0.3 is 10.2 Å². The molecule has 0 saturated heterocycles. The van der Waals surface area contributed by atoms with Crippen LogP contribution in [0.3, 0.4) is 0 Å². The van der Waals surface area contributed by atoms with Crippen molar-refractivity contribution in [2.45, 2.75) is 6.42 Å². The highest BCUT2D eigenvalue weighted by molar-refractivity contribution is 6.10. The Bertz CT molecular complexity index is 715. The smallest absolute Gasteiger partial charge is 0.244 e. The minimum absolute atomic E-state index is 0.0513. The van der Waals surface area contributed by atoms with Gasteiger partial charge >= 0.3 is 0 Å². The van der Waals surface area contributed by atoms with Crippen LogP contribution in [0, 0.1) is 5.82 Å². The maximum atomic E-state index is 13.6. The largest absolute Gasteiger partial charge is 0.323 e. The van der Waals surface area contributed by atoms with Gasteiger partial charge in [-0.25, -0.2) is 4.39 Å². The van der Waals surface area contributed by atoms with E-state index in [1.165, 1.54) is 11.0 Å². The summed E-state index contributed by atoms with van der Waals surface area (Å²) in [5, 5.41) is 2.71. The van der Waals surface area contributed by atoms with Gasteiger partial charge in [0.15, 0.2) is 0 Å². The van der Waals surface area contributed by atoms with Gasteiger partial charge in [0.2, 0.25) is 11.8 Å². The van der Waals surface area contributed by atoms with Crippen LogP contribution in [0.5, 0.6) is 0 Å². The van der Waals surface area contributed by atoms with Crippen molar-refractivity contribution in [1.82, 2.24) is 0 Å². The zero-order valence-corrected chi connectivity index (χ0v) is 11.2. The first-order valence-corrected chi connectivity index (χ1v) is 6.58. The van der Waals surface area contributed by atoms with Crippen molar-refractivity contribution in [2.24, 2.45) is 0 Å². The highest BCUT2D eigenvalue weighted by Gasteiger charge is 2.26. The minimum atomic E-state index is -0.416. The number of para-hydroxylation sites is 2. The van der Waals surface area contributed by atoms with Crippen LogP contribution in [0.25, 0.3) is 0 Å². The van der Waals surface area contributed by atoms with Crippen molar-refractivity contribution in [2.75, 3.05) is 16.8 Å². The summed E-state index contributed by atoms with van der Waals surface area (Å²) in [6.45, 7) is -0.0513. The summed E-state index contributed by atoms with van der Waals surface area (Å²) in [4.78, 5) is 25.5. The van der Waals surface area contributed by atoms with Gasteiger partial charge in [-0.15, -0.1) is 0 Å². The summed E-state index contributed by atoms with van der Waals surface area (Å²) in [6, 6.07) is 13.2. The number of amides is 2. The molecule has 0 aliphatic carbocycles. The molecule has 2 aromatic rings. The first kappa shape index (κ1) is 13.3. The molecule has 1 N–H and O–H groups in total. The lowest BCUT2D eigenvalue weighted by atomic mass is 10.1. The van der Waals surface area contributed by atoms with E-state index in [0.717, 1.165) is 0 Å². The van der Waals surface area contributed by atoms with Crippen molar-refractivity contribution >= 4 is 23.2 Å². The first-order valence-electron chi connectivity index (χ1n) is 6.58. The van der Waals surface area contributed by atoms with E-state index in [4.69, 9.17) is 0 Å². The number of hydrogen-bond donors (Lipinski definition) is 1. The zero-order chi connectivity index (χ0) is 14.8. The Morgan fingerprint density at radius 1 is 1.14 bits per heavy atom. The molecule has 0 unspecified atom stereocenters. The molecule has 5 heteroatoms. The van der Waals surface area contributed by atoms with Crippen molar-refractivity contribution in [3.8, 4) is 0 Å². The molecule has 0 saturated carbocycles. The van der Waals surface area contributed by atoms with E-state index in [1.807, 2.05) is 0 Å². The maximum absolute atomic E-state index is 13.6. The average Bonchev–Trinajstić information content (AvgIpc) is 2.48. The number of anilines is 2. The van der Waals surface area contributed by atoms with Gasteiger partial charge in [-0.1, -0.05) is 30.3 Å². The Hall–Kier alpha value is -2.69. The summed E-state index contributed by atoms with van der Waals surface area (Å²) in [6.07, 6.45) is -0.0751. The summed E-state index contributed by atoms with van der Waals surface area (Å²) in [5.41, 5.74) is 1.56. The number of nitrogens with zero attached hydrogens (tertiary/aromatic N) is 1. The molecule has 0 spiro atoms. The van der Waals surface area contributed by atoms with E-state index in [1.54, 1.807) is 42.5 Å². The number of benzene rings is 2. The Kier molecular flexibility index (Phi) is 3.39. The molecule has 0 aromatic heterocycles. The molecule has 4 nitrogen and oxygen atoms in total. The number of fused-ring (bicyclic) bond motifs is 1. The molecule has 106 valence electrons. The Balaban J connectivity index is 1.88. The first-order chi connectivity index (χ1) is 10.1. The van der Waals surface area contributed by atoms with Crippen LogP contribution in [0.2, 0.25) is 0 Å². The molecule has 2 amide bonds. The van der Waals surface area contributed by atoms with E-state index in [2.05, 4.69) is 5.32 Å². The van der Waals surface area contributed by atoms with E-state index < -0.39 is 5.82 Å². The fourth-order valence-corrected chi connectivity index (χ4v) is 2.36. The normalized spacial score (nSPS) is 13.6. The SMILES string of the molecule is O=C1CN(C(=O)Cc2ccccc2F)c2ccccc2N1. The van der Waals surface area contributed by atoms with Crippen molar-refractivity contribution in [1.29, 1.82) is 0 Å². The third-order valence-corrected chi connectivity index (χ3v) is 3.37. The Morgan fingerprint density at radius 2 is 1.86 bits per heavy atom. The number of carbonyl (C=O) groups is 2. The molecule has 2 aromatic carbocycles. The van der Waals surface area contributed by atoms with Gasteiger partial charge in [0.25, 0.3) is 0 Å². The van der Waals surface area contributed by atoms with E-state index in [0.29, 0.717) is 16.9 Å². The fraction of sp³-hybridized carbons (Fsp3) is 0.125. The zero-order valence-electron chi connectivity index (χ0n) is 11.2.